The number of amides is 3. The lowest BCUT2D eigenvalue weighted by Gasteiger charge is -2.34. The summed E-state index contributed by atoms with van der Waals surface area (Å²) in [6.45, 7) is 7.75. The van der Waals surface area contributed by atoms with E-state index in [0.29, 0.717) is 24.7 Å². The number of carbonyl (C=O) groups excluding carboxylic acids is 3. The monoisotopic (exact) mass is 534 g/mol. The fourth-order valence-corrected chi connectivity index (χ4v) is 4.20. The first-order valence-electron chi connectivity index (χ1n) is 12.8. The smallest absolute Gasteiger partial charge is 0.410 e. The van der Waals surface area contributed by atoms with Crippen molar-refractivity contribution < 1.29 is 19.1 Å². The summed E-state index contributed by atoms with van der Waals surface area (Å²) in [5, 5.41) is 7.58. The van der Waals surface area contributed by atoms with Crippen LogP contribution >= 0.6 is 0 Å². The van der Waals surface area contributed by atoms with Crippen LogP contribution in [0, 0.1) is 0 Å². The number of ether oxygens (including phenoxy) is 1. The van der Waals surface area contributed by atoms with E-state index in [1.165, 1.54) is 13.1 Å². The van der Waals surface area contributed by atoms with Gasteiger partial charge in [0, 0.05) is 56.6 Å². The SMILES string of the molecule is CC(=O)NNC(=O)c1cnc(-c2cccc(-c3cnn(C)c3)c2)nc1NC1CCCN(C(=O)OC(C)(C)C)C1. The molecule has 1 saturated heterocycles. The lowest BCUT2D eigenvalue weighted by atomic mass is 10.0. The van der Waals surface area contributed by atoms with E-state index >= 15 is 0 Å². The van der Waals surface area contributed by atoms with Crippen molar-refractivity contribution >= 4 is 23.7 Å². The van der Waals surface area contributed by atoms with E-state index in [4.69, 9.17) is 9.72 Å². The molecule has 1 fully saturated rings. The lowest BCUT2D eigenvalue weighted by Crippen LogP contribution is -2.47. The number of benzene rings is 1. The zero-order valence-corrected chi connectivity index (χ0v) is 22.8. The molecule has 0 radical (unpaired) electrons. The predicted molar refractivity (Wildman–Crippen MR) is 145 cm³/mol. The molecule has 206 valence electrons. The van der Waals surface area contributed by atoms with Crippen LogP contribution in [0.25, 0.3) is 22.5 Å². The second-order valence-electron chi connectivity index (χ2n) is 10.5. The maximum absolute atomic E-state index is 12.9. The molecule has 3 heterocycles. The minimum Gasteiger partial charge on any atom is -0.444 e. The van der Waals surface area contributed by atoms with Gasteiger partial charge in [0.05, 0.1) is 6.20 Å². The molecular formula is C27H34N8O4. The Bertz CT molecular complexity index is 1360. The number of aromatic nitrogens is 4. The Labute approximate surface area is 227 Å². The molecule has 12 nitrogen and oxygen atoms in total. The molecule has 0 saturated carbocycles. The lowest BCUT2D eigenvalue weighted by molar-refractivity contribution is -0.119. The topological polar surface area (TPSA) is 143 Å². The molecule has 3 N–H and O–H groups in total. The summed E-state index contributed by atoms with van der Waals surface area (Å²) in [6.07, 6.45) is 6.27. The Kier molecular flexibility index (Phi) is 8.12. The first-order valence-corrected chi connectivity index (χ1v) is 12.8. The van der Waals surface area contributed by atoms with Gasteiger partial charge in [-0.2, -0.15) is 5.10 Å². The summed E-state index contributed by atoms with van der Waals surface area (Å²) in [6, 6.07) is 7.55. The van der Waals surface area contributed by atoms with E-state index in [1.807, 2.05) is 58.3 Å². The van der Waals surface area contributed by atoms with Crippen molar-refractivity contribution in [2.24, 2.45) is 7.05 Å². The summed E-state index contributed by atoms with van der Waals surface area (Å²) in [5.41, 5.74) is 6.88. The second kappa shape index (κ2) is 11.5. The van der Waals surface area contributed by atoms with Crippen molar-refractivity contribution in [3.8, 4) is 22.5 Å². The van der Waals surface area contributed by atoms with Gasteiger partial charge >= 0.3 is 6.09 Å². The number of piperidine rings is 1. The summed E-state index contributed by atoms with van der Waals surface area (Å²) in [5.74, 6) is -0.268. The van der Waals surface area contributed by atoms with Crippen molar-refractivity contribution in [3.63, 3.8) is 0 Å². The molecule has 2 aromatic heterocycles. The van der Waals surface area contributed by atoms with Crippen LogP contribution in [0.2, 0.25) is 0 Å². The molecule has 1 aliphatic rings. The van der Waals surface area contributed by atoms with Crippen LogP contribution in [-0.2, 0) is 16.6 Å². The summed E-state index contributed by atoms with van der Waals surface area (Å²) >= 11 is 0. The van der Waals surface area contributed by atoms with Crippen molar-refractivity contribution in [2.45, 2.75) is 52.2 Å². The zero-order valence-electron chi connectivity index (χ0n) is 22.8. The molecular weight excluding hydrogens is 500 g/mol. The van der Waals surface area contributed by atoms with Crippen LogP contribution < -0.4 is 16.2 Å². The van der Waals surface area contributed by atoms with E-state index in [9.17, 15) is 14.4 Å². The Morgan fingerprint density at radius 1 is 1.08 bits per heavy atom. The maximum atomic E-state index is 12.9. The molecule has 0 spiro atoms. The van der Waals surface area contributed by atoms with Gasteiger partial charge in [-0.05, 0) is 45.2 Å². The summed E-state index contributed by atoms with van der Waals surface area (Å²) in [7, 11) is 1.86. The molecule has 0 aliphatic carbocycles. The van der Waals surface area contributed by atoms with Gasteiger partial charge in [-0.1, -0.05) is 18.2 Å². The standard InChI is InChI=1S/C27H34N8O4/c1-17(36)32-33-25(37)22-14-28-23(19-9-6-8-18(12-19)20-13-29-34(5)15-20)31-24(22)30-21-10-7-11-35(16-21)26(38)39-27(2,3)4/h6,8-9,12-15,21H,7,10-11,16H2,1-5H3,(H,32,36)(H,33,37)(H,28,30,31). The van der Waals surface area contributed by atoms with Gasteiger partial charge in [-0.3, -0.25) is 25.1 Å². The van der Waals surface area contributed by atoms with Crippen molar-refractivity contribution in [2.75, 3.05) is 18.4 Å². The van der Waals surface area contributed by atoms with Crippen LogP contribution in [-0.4, -0.2) is 67.3 Å². The first-order chi connectivity index (χ1) is 18.5. The Morgan fingerprint density at radius 2 is 1.85 bits per heavy atom. The third-order valence-corrected chi connectivity index (χ3v) is 5.96. The van der Waals surface area contributed by atoms with Crippen LogP contribution in [0.3, 0.4) is 0 Å². The van der Waals surface area contributed by atoms with Crippen molar-refractivity contribution in [3.05, 3.63) is 48.4 Å². The van der Waals surface area contributed by atoms with Gasteiger partial charge in [-0.15, -0.1) is 0 Å². The number of nitrogens with zero attached hydrogens (tertiary/aromatic N) is 5. The van der Waals surface area contributed by atoms with Crippen LogP contribution in [0.1, 0.15) is 50.9 Å². The van der Waals surface area contributed by atoms with Crippen LogP contribution in [0.4, 0.5) is 10.6 Å². The highest BCUT2D eigenvalue weighted by Crippen LogP contribution is 2.27. The molecule has 4 rings (SSSR count). The van der Waals surface area contributed by atoms with Gasteiger partial charge < -0.3 is 15.0 Å². The molecule has 1 aliphatic heterocycles. The highest BCUT2D eigenvalue weighted by molar-refractivity contribution is 5.99. The predicted octanol–water partition coefficient (Wildman–Crippen LogP) is 3.14. The number of hydrazine groups is 1. The number of hydrogen-bond donors (Lipinski definition) is 3. The third-order valence-electron chi connectivity index (χ3n) is 5.96. The molecule has 3 amide bonds. The highest BCUT2D eigenvalue weighted by Gasteiger charge is 2.29. The largest absolute Gasteiger partial charge is 0.444 e. The van der Waals surface area contributed by atoms with Gasteiger partial charge in [0.15, 0.2) is 5.82 Å². The van der Waals surface area contributed by atoms with E-state index in [-0.39, 0.29) is 17.7 Å². The molecule has 12 heteroatoms. The Balaban J connectivity index is 1.62. The molecule has 1 aromatic carbocycles. The van der Waals surface area contributed by atoms with E-state index in [1.54, 1.807) is 15.8 Å². The number of anilines is 1. The number of aryl methyl sites for hydroxylation is 1. The van der Waals surface area contributed by atoms with E-state index in [2.05, 4.69) is 26.3 Å². The fourth-order valence-electron chi connectivity index (χ4n) is 4.20. The molecule has 3 aromatic rings. The quantitative estimate of drug-likeness (QED) is 0.424. The molecule has 1 unspecified atom stereocenters. The minimum absolute atomic E-state index is 0.158. The Hall–Kier alpha value is -4.48. The summed E-state index contributed by atoms with van der Waals surface area (Å²) in [4.78, 5) is 47.7. The average molecular weight is 535 g/mol. The molecule has 39 heavy (non-hydrogen) atoms. The average Bonchev–Trinajstić information content (AvgIpc) is 3.33. The fraction of sp³-hybridized carbons (Fsp3) is 0.407. The summed E-state index contributed by atoms with van der Waals surface area (Å²) < 4.78 is 7.27. The van der Waals surface area contributed by atoms with Crippen molar-refractivity contribution in [1.29, 1.82) is 0 Å². The van der Waals surface area contributed by atoms with Crippen molar-refractivity contribution in [1.82, 2.24) is 35.5 Å². The third kappa shape index (κ3) is 7.30. The van der Waals surface area contributed by atoms with Crippen LogP contribution in [0.15, 0.2) is 42.9 Å². The normalized spacial score (nSPS) is 15.4. The number of carbonyl (C=O) groups is 3. The van der Waals surface area contributed by atoms with Gasteiger partial charge in [0.25, 0.3) is 5.91 Å². The number of rotatable bonds is 5. The number of hydrogen-bond acceptors (Lipinski definition) is 8. The second-order valence-corrected chi connectivity index (χ2v) is 10.5. The first kappa shape index (κ1) is 27.6. The van der Waals surface area contributed by atoms with Crippen LogP contribution in [0.5, 0.6) is 0 Å². The zero-order chi connectivity index (χ0) is 28.2. The van der Waals surface area contributed by atoms with E-state index in [0.717, 1.165) is 29.5 Å². The molecule has 0 bridgehead atoms. The van der Waals surface area contributed by atoms with Gasteiger partial charge in [-0.25, -0.2) is 14.8 Å². The minimum atomic E-state index is -0.599. The van der Waals surface area contributed by atoms with Gasteiger partial charge in [0.1, 0.15) is 17.0 Å². The molecule has 1 atom stereocenters. The number of likely N-dealkylation sites (tertiary alicyclic amines) is 1. The van der Waals surface area contributed by atoms with E-state index < -0.39 is 17.4 Å². The Morgan fingerprint density at radius 3 is 2.54 bits per heavy atom. The van der Waals surface area contributed by atoms with Gasteiger partial charge in [0.2, 0.25) is 5.91 Å². The maximum Gasteiger partial charge on any atom is 0.410 e. The highest BCUT2D eigenvalue weighted by atomic mass is 16.6. The number of nitrogens with one attached hydrogen (secondary N) is 3.